The Balaban J connectivity index is 1.31. The van der Waals surface area contributed by atoms with E-state index in [0.29, 0.717) is 6.10 Å². The van der Waals surface area contributed by atoms with E-state index in [9.17, 15) is 0 Å². The summed E-state index contributed by atoms with van der Waals surface area (Å²) in [6.45, 7) is 3.02. The normalized spacial score (nSPS) is 18.6. The largest absolute Gasteiger partial charge is 0.353 e. The SMILES string of the molecule is CC(CCCCCc1ccc(-c2ncccn2)cc1)OC1CCCCO1. The molecule has 0 amide bonds. The van der Waals surface area contributed by atoms with Crippen LogP contribution < -0.4 is 0 Å². The molecule has 0 radical (unpaired) electrons. The number of ether oxygens (including phenoxy) is 2. The molecule has 0 saturated carbocycles. The van der Waals surface area contributed by atoms with Crippen LogP contribution in [0.2, 0.25) is 0 Å². The molecule has 2 aromatic rings. The Bertz CT molecular complexity index is 624. The average Bonchev–Trinajstić information content (AvgIpc) is 2.70. The number of benzene rings is 1. The summed E-state index contributed by atoms with van der Waals surface area (Å²) in [4.78, 5) is 8.58. The molecule has 4 heteroatoms. The third-order valence-electron chi connectivity index (χ3n) is 4.88. The molecule has 0 N–H and O–H groups in total. The van der Waals surface area contributed by atoms with E-state index in [-0.39, 0.29) is 6.29 Å². The number of rotatable bonds is 9. The van der Waals surface area contributed by atoms with E-state index in [0.717, 1.165) is 37.3 Å². The minimum Gasteiger partial charge on any atom is -0.353 e. The van der Waals surface area contributed by atoms with Gasteiger partial charge in [-0.25, -0.2) is 9.97 Å². The molecule has 3 rings (SSSR count). The smallest absolute Gasteiger partial charge is 0.159 e. The number of hydrogen-bond donors (Lipinski definition) is 0. The molecule has 26 heavy (non-hydrogen) atoms. The van der Waals surface area contributed by atoms with Crippen LogP contribution in [0, 0.1) is 0 Å². The number of aryl methyl sites for hydroxylation is 1. The first-order chi connectivity index (χ1) is 12.8. The Labute approximate surface area is 157 Å². The molecule has 2 unspecified atom stereocenters. The van der Waals surface area contributed by atoms with Crippen molar-refractivity contribution < 1.29 is 9.47 Å². The number of nitrogens with zero attached hydrogens (tertiary/aromatic N) is 2. The molecule has 1 aliphatic rings. The van der Waals surface area contributed by atoms with Crippen LogP contribution in [0.1, 0.15) is 57.4 Å². The van der Waals surface area contributed by atoms with Gasteiger partial charge in [0.25, 0.3) is 0 Å². The zero-order chi connectivity index (χ0) is 18.0. The molecule has 2 heterocycles. The molecule has 1 saturated heterocycles. The van der Waals surface area contributed by atoms with Crippen LogP contribution in [0.3, 0.4) is 0 Å². The maximum Gasteiger partial charge on any atom is 0.159 e. The van der Waals surface area contributed by atoms with Crippen molar-refractivity contribution in [2.45, 2.75) is 70.7 Å². The molecule has 1 aliphatic heterocycles. The highest BCUT2D eigenvalue weighted by Crippen LogP contribution is 2.19. The molecular weight excluding hydrogens is 324 g/mol. The standard InChI is InChI=1S/C22H30N2O2/c1-18(26-21-10-5-6-17-25-21)8-3-2-4-9-19-11-13-20(14-12-19)22-23-15-7-16-24-22/h7,11-16,18,21H,2-6,8-10,17H2,1H3. The van der Waals surface area contributed by atoms with Gasteiger partial charge in [-0.15, -0.1) is 0 Å². The molecule has 1 aromatic carbocycles. The van der Waals surface area contributed by atoms with Crippen molar-refractivity contribution in [2.75, 3.05) is 6.61 Å². The summed E-state index contributed by atoms with van der Waals surface area (Å²) in [5.41, 5.74) is 2.45. The highest BCUT2D eigenvalue weighted by atomic mass is 16.7. The maximum atomic E-state index is 5.98. The lowest BCUT2D eigenvalue weighted by Gasteiger charge is -2.26. The summed E-state index contributed by atoms with van der Waals surface area (Å²) in [7, 11) is 0. The van der Waals surface area contributed by atoms with Gasteiger partial charge in [0.1, 0.15) is 0 Å². The lowest BCUT2D eigenvalue weighted by Crippen LogP contribution is -2.26. The minimum atomic E-state index is 0.0332. The number of unbranched alkanes of at least 4 members (excludes halogenated alkanes) is 2. The van der Waals surface area contributed by atoms with Crippen LogP contribution in [0.5, 0.6) is 0 Å². The first kappa shape index (κ1) is 19.0. The zero-order valence-corrected chi connectivity index (χ0v) is 15.8. The summed E-state index contributed by atoms with van der Waals surface area (Å²) in [5, 5.41) is 0. The monoisotopic (exact) mass is 354 g/mol. The first-order valence-electron chi connectivity index (χ1n) is 9.94. The number of aromatic nitrogens is 2. The average molecular weight is 354 g/mol. The van der Waals surface area contributed by atoms with E-state index >= 15 is 0 Å². The maximum absolute atomic E-state index is 5.98. The van der Waals surface area contributed by atoms with Gasteiger partial charge in [0, 0.05) is 24.6 Å². The van der Waals surface area contributed by atoms with Crippen LogP contribution in [0.25, 0.3) is 11.4 Å². The molecule has 4 nitrogen and oxygen atoms in total. The Hall–Kier alpha value is -1.78. The predicted molar refractivity (Wildman–Crippen MR) is 104 cm³/mol. The minimum absolute atomic E-state index is 0.0332. The fraction of sp³-hybridized carbons (Fsp3) is 0.545. The summed E-state index contributed by atoms with van der Waals surface area (Å²) in [6.07, 6.45) is 13.2. The fourth-order valence-electron chi connectivity index (χ4n) is 3.35. The van der Waals surface area contributed by atoms with Crippen LogP contribution in [0.4, 0.5) is 0 Å². The van der Waals surface area contributed by atoms with Crippen molar-refractivity contribution >= 4 is 0 Å². The first-order valence-corrected chi connectivity index (χ1v) is 9.94. The lowest BCUT2D eigenvalue weighted by molar-refractivity contribution is -0.185. The second-order valence-corrected chi connectivity index (χ2v) is 7.11. The Kier molecular flexibility index (Phi) is 7.59. The van der Waals surface area contributed by atoms with Crippen LogP contribution >= 0.6 is 0 Å². The highest BCUT2D eigenvalue weighted by molar-refractivity contribution is 5.54. The van der Waals surface area contributed by atoms with Gasteiger partial charge in [0.2, 0.25) is 0 Å². The van der Waals surface area contributed by atoms with E-state index in [2.05, 4.69) is 41.2 Å². The molecule has 0 aliphatic carbocycles. The lowest BCUT2D eigenvalue weighted by atomic mass is 10.0. The third-order valence-corrected chi connectivity index (χ3v) is 4.88. The molecule has 1 aromatic heterocycles. The van der Waals surface area contributed by atoms with Gasteiger partial charge in [-0.05, 0) is 57.1 Å². The molecule has 0 spiro atoms. The molecular formula is C22H30N2O2. The topological polar surface area (TPSA) is 44.2 Å². The Morgan fingerprint density at radius 1 is 1.08 bits per heavy atom. The molecule has 1 fully saturated rings. The summed E-state index contributed by atoms with van der Waals surface area (Å²) < 4.78 is 11.6. The van der Waals surface area contributed by atoms with Crippen molar-refractivity contribution in [3.63, 3.8) is 0 Å². The van der Waals surface area contributed by atoms with Crippen LogP contribution in [-0.4, -0.2) is 29.0 Å². The summed E-state index contributed by atoms with van der Waals surface area (Å²) in [6, 6.07) is 10.5. The van der Waals surface area contributed by atoms with Crippen molar-refractivity contribution in [2.24, 2.45) is 0 Å². The highest BCUT2D eigenvalue weighted by Gasteiger charge is 2.16. The van der Waals surface area contributed by atoms with E-state index in [1.165, 1.54) is 37.7 Å². The third kappa shape index (κ3) is 6.19. The zero-order valence-electron chi connectivity index (χ0n) is 15.8. The van der Waals surface area contributed by atoms with Gasteiger partial charge in [-0.3, -0.25) is 0 Å². The Morgan fingerprint density at radius 3 is 2.62 bits per heavy atom. The quantitative estimate of drug-likeness (QED) is 0.582. The van der Waals surface area contributed by atoms with Gasteiger partial charge in [0.05, 0.1) is 6.10 Å². The predicted octanol–water partition coefficient (Wildman–Crippen LogP) is 5.18. The van der Waals surface area contributed by atoms with Crippen molar-refractivity contribution in [3.8, 4) is 11.4 Å². The van der Waals surface area contributed by atoms with Crippen LogP contribution in [0.15, 0.2) is 42.7 Å². The van der Waals surface area contributed by atoms with Crippen molar-refractivity contribution in [1.82, 2.24) is 9.97 Å². The van der Waals surface area contributed by atoms with E-state index in [4.69, 9.17) is 9.47 Å². The van der Waals surface area contributed by atoms with Crippen molar-refractivity contribution in [3.05, 3.63) is 48.3 Å². The second-order valence-electron chi connectivity index (χ2n) is 7.11. The van der Waals surface area contributed by atoms with E-state index < -0.39 is 0 Å². The van der Waals surface area contributed by atoms with Gasteiger partial charge < -0.3 is 9.47 Å². The van der Waals surface area contributed by atoms with Gasteiger partial charge >= 0.3 is 0 Å². The Morgan fingerprint density at radius 2 is 1.88 bits per heavy atom. The summed E-state index contributed by atoms with van der Waals surface area (Å²) >= 11 is 0. The van der Waals surface area contributed by atoms with Gasteiger partial charge in [-0.2, -0.15) is 0 Å². The number of hydrogen-bond acceptors (Lipinski definition) is 4. The molecule has 0 bridgehead atoms. The van der Waals surface area contributed by atoms with Crippen molar-refractivity contribution in [1.29, 1.82) is 0 Å². The van der Waals surface area contributed by atoms with E-state index in [1.54, 1.807) is 12.4 Å². The molecule has 2 atom stereocenters. The summed E-state index contributed by atoms with van der Waals surface area (Å²) in [5.74, 6) is 0.787. The van der Waals surface area contributed by atoms with E-state index in [1.807, 2.05) is 6.07 Å². The molecule has 140 valence electrons. The van der Waals surface area contributed by atoms with Gasteiger partial charge in [0.15, 0.2) is 12.1 Å². The second kappa shape index (κ2) is 10.4. The van der Waals surface area contributed by atoms with Crippen LogP contribution in [-0.2, 0) is 15.9 Å². The fourth-order valence-corrected chi connectivity index (χ4v) is 3.35. The van der Waals surface area contributed by atoms with Gasteiger partial charge in [-0.1, -0.05) is 37.1 Å².